The first-order valence-corrected chi connectivity index (χ1v) is 9.51. The Kier molecular flexibility index (Phi) is 5.05. The fraction of sp³-hybridized carbons (Fsp3) is 0.143. The molecule has 9 heteroatoms. The Hall–Kier alpha value is -1.94. The summed E-state index contributed by atoms with van der Waals surface area (Å²) in [6.45, 7) is -0.0796. The number of nitrogens with one attached hydrogen (secondary N) is 1. The summed E-state index contributed by atoms with van der Waals surface area (Å²) >= 11 is 0. The second-order valence-electron chi connectivity index (χ2n) is 4.67. The van der Waals surface area contributed by atoms with Crippen LogP contribution in [0.3, 0.4) is 0 Å². The SMILES string of the molecule is COc1ccccc1S(=O)(=O)NCc1cccc(S(N)(=O)=O)c1. The maximum absolute atomic E-state index is 12.3. The van der Waals surface area contributed by atoms with E-state index >= 15 is 0 Å². The normalized spacial score (nSPS) is 12.1. The van der Waals surface area contributed by atoms with Crippen LogP contribution in [0.25, 0.3) is 0 Å². The molecule has 0 aromatic heterocycles. The lowest BCUT2D eigenvalue weighted by atomic mass is 10.2. The van der Waals surface area contributed by atoms with Crippen LogP contribution in [-0.2, 0) is 26.6 Å². The van der Waals surface area contributed by atoms with Crippen LogP contribution >= 0.6 is 0 Å². The molecule has 0 saturated carbocycles. The smallest absolute Gasteiger partial charge is 0.244 e. The lowest BCUT2D eigenvalue weighted by molar-refractivity contribution is 0.402. The Morgan fingerprint density at radius 2 is 1.74 bits per heavy atom. The Labute approximate surface area is 135 Å². The summed E-state index contributed by atoms with van der Waals surface area (Å²) in [5, 5.41) is 5.05. The zero-order chi connectivity index (χ0) is 17.1. The quantitative estimate of drug-likeness (QED) is 0.795. The summed E-state index contributed by atoms with van der Waals surface area (Å²) in [4.78, 5) is -0.0726. The zero-order valence-electron chi connectivity index (χ0n) is 12.3. The van der Waals surface area contributed by atoms with Gasteiger partial charge >= 0.3 is 0 Å². The van der Waals surface area contributed by atoms with Crippen LogP contribution in [0, 0.1) is 0 Å². The van der Waals surface area contributed by atoms with Gasteiger partial charge in [0.05, 0.1) is 12.0 Å². The molecule has 0 heterocycles. The topological polar surface area (TPSA) is 116 Å². The third-order valence-corrected chi connectivity index (χ3v) is 5.40. The lowest BCUT2D eigenvalue weighted by Gasteiger charge is -2.11. The monoisotopic (exact) mass is 356 g/mol. The highest BCUT2D eigenvalue weighted by molar-refractivity contribution is 7.89. The van der Waals surface area contributed by atoms with Gasteiger partial charge in [0.15, 0.2) is 0 Å². The average molecular weight is 356 g/mol. The number of hydrogen-bond donors (Lipinski definition) is 2. The molecule has 124 valence electrons. The number of methoxy groups -OCH3 is 1. The second-order valence-corrected chi connectivity index (χ2v) is 7.96. The molecule has 0 unspecified atom stereocenters. The molecule has 0 radical (unpaired) electrons. The van der Waals surface area contributed by atoms with Crippen LogP contribution in [0.5, 0.6) is 5.75 Å². The Balaban J connectivity index is 2.23. The first kappa shape index (κ1) is 17.4. The van der Waals surface area contributed by atoms with Crippen molar-refractivity contribution in [2.24, 2.45) is 5.14 Å². The highest BCUT2D eigenvalue weighted by Crippen LogP contribution is 2.22. The molecule has 0 aliphatic heterocycles. The number of hydrogen-bond acceptors (Lipinski definition) is 5. The summed E-state index contributed by atoms with van der Waals surface area (Å²) in [5.41, 5.74) is 0.468. The number of sulfonamides is 2. The molecule has 2 rings (SSSR count). The highest BCUT2D eigenvalue weighted by atomic mass is 32.2. The van der Waals surface area contributed by atoms with Gasteiger partial charge in [0, 0.05) is 6.54 Å². The van der Waals surface area contributed by atoms with Crippen molar-refractivity contribution in [3.05, 3.63) is 54.1 Å². The van der Waals surface area contributed by atoms with Crippen LogP contribution in [0.15, 0.2) is 58.3 Å². The van der Waals surface area contributed by atoms with Crippen molar-refractivity contribution in [2.45, 2.75) is 16.3 Å². The maximum Gasteiger partial charge on any atom is 0.244 e. The van der Waals surface area contributed by atoms with E-state index in [1.54, 1.807) is 18.2 Å². The summed E-state index contributed by atoms with van der Waals surface area (Å²) in [6.07, 6.45) is 0. The number of primary sulfonamides is 1. The highest BCUT2D eigenvalue weighted by Gasteiger charge is 2.18. The van der Waals surface area contributed by atoms with Gasteiger partial charge in [0.1, 0.15) is 10.6 Å². The van der Waals surface area contributed by atoms with Gasteiger partial charge in [0.25, 0.3) is 0 Å². The zero-order valence-corrected chi connectivity index (χ0v) is 13.9. The van der Waals surface area contributed by atoms with Gasteiger partial charge in [-0.2, -0.15) is 0 Å². The van der Waals surface area contributed by atoms with E-state index < -0.39 is 20.0 Å². The number of para-hydroxylation sites is 1. The van der Waals surface area contributed by atoms with Crippen LogP contribution in [0.2, 0.25) is 0 Å². The minimum Gasteiger partial charge on any atom is -0.495 e. The minimum absolute atomic E-state index is 0.00472. The molecule has 0 spiro atoms. The lowest BCUT2D eigenvalue weighted by Crippen LogP contribution is -2.24. The van der Waals surface area contributed by atoms with E-state index in [1.807, 2.05) is 0 Å². The van der Waals surface area contributed by atoms with E-state index in [4.69, 9.17) is 9.88 Å². The van der Waals surface area contributed by atoms with Crippen molar-refractivity contribution >= 4 is 20.0 Å². The minimum atomic E-state index is -3.84. The molecule has 0 aliphatic rings. The van der Waals surface area contributed by atoms with Crippen molar-refractivity contribution in [1.29, 1.82) is 0 Å². The van der Waals surface area contributed by atoms with Crippen molar-refractivity contribution in [3.63, 3.8) is 0 Å². The van der Waals surface area contributed by atoms with Crippen molar-refractivity contribution in [2.75, 3.05) is 7.11 Å². The molecule has 0 atom stereocenters. The van der Waals surface area contributed by atoms with Gasteiger partial charge in [-0.3, -0.25) is 0 Å². The number of nitrogens with two attached hydrogens (primary N) is 1. The Morgan fingerprint density at radius 1 is 1.04 bits per heavy atom. The maximum atomic E-state index is 12.3. The van der Waals surface area contributed by atoms with Crippen LogP contribution in [0.1, 0.15) is 5.56 Å². The molecule has 0 fully saturated rings. The largest absolute Gasteiger partial charge is 0.495 e. The molecule has 0 aliphatic carbocycles. The van der Waals surface area contributed by atoms with Crippen molar-refractivity contribution in [1.82, 2.24) is 4.72 Å². The van der Waals surface area contributed by atoms with E-state index in [0.29, 0.717) is 5.56 Å². The van der Waals surface area contributed by atoms with E-state index in [0.717, 1.165) is 0 Å². The summed E-state index contributed by atoms with van der Waals surface area (Å²) in [7, 11) is -6.27. The van der Waals surface area contributed by atoms with E-state index in [9.17, 15) is 16.8 Å². The predicted molar refractivity (Wildman–Crippen MR) is 84.8 cm³/mol. The molecular formula is C14H16N2O5S2. The molecule has 0 saturated heterocycles. The number of ether oxygens (including phenoxy) is 1. The Bertz CT molecular complexity index is 908. The van der Waals surface area contributed by atoms with Crippen molar-refractivity contribution < 1.29 is 21.6 Å². The predicted octanol–water partition coefficient (Wildman–Crippen LogP) is 0.821. The molecule has 0 bridgehead atoms. The molecule has 7 nitrogen and oxygen atoms in total. The number of benzene rings is 2. The molecule has 23 heavy (non-hydrogen) atoms. The second kappa shape index (κ2) is 6.67. The summed E-state index contributed by atoms with van der Waals surface area (Å²) < 4.78 is 54.7. The van der Waals surface area contributed by atoms with Gasteiger partial charge < -0.3 is 4.74 Å². The molecule has 2 aromatic carbocycles. The summed E-state index contributed by atoms with van der Waals surface area (Å²) in [6, 6.07) is 11.9. The van der Waals surface area contributed by atoms with E-state index in [-0.39, 0.29) is 22.1 Å². The Morgan fingerprint density at radius 3 is 2.39 bits per heavy atom. The third kappa shape index (κ3) is 4.29. The van der Waals surface area contributed by atoms with Gasteiger partial charge in [0.2, 0.25) is 20.0 Å². The van der Waals surface area contributed by atoms with Gasteiger partial charge in [-0.05, 0) is 29.8 Å². The van der Waals surface area contributed by atoms with Crippen molar-refractivity contribution in [3.8, 4) is 5.75 Å². The van der Waals surface area contributed by atoms with Crippen LogP contribution < -0.4 is 14.6 Å². The molecular weight excluding hydrogens is 340 g/mol. The molecule has 0 amide bonds. The van der Waals surface area contributed by atoms with E-state index in [1.165, 1.54) is 37.4 Å². The van der Waals surface area contributed by atoms with Crippen LogP contribution in [0.4, 0.5) is 0 Å². The average Bonchev–Trinajstić information content (AvgIpc) is 2.52. The number of rotatable bonds is 6. The first-order valence-electron chi connectivity index (χ1n) is 6.48. The third-order valence-electron chi connectivity index (χ3n) is 3.05. The fourth-order valence-electron chi connectivity index (χ4n) is 1.93. The molecule has 3 N–H and O–H groups in total. The first-order chi connectivity index (χ1) is 10.7. The summed E-state index contributed by atoms with van der Waals surface area (Å²) in [5.74, 6) is 0.221. The fourth-order valence-corrected chi connectivity index (χ4v) is 3.70. The molecule has 2 aromatic rings. The van der Waals surface area contributed by atoms with Crippen LogP contribution in [-0.4, -0.2) is 23.9 Å². The van der Waals surface area contributed by atoms with Gasteiger partial charge in [-0.15, -0.1) is 0 Å². The van der Waals surface area contributed by atoms with Gasteiger partial charge in [-0.1, -0.05) is 24.3 Å². The van der Waals surface area contributed by atoms with Gasteiger partial charge in [-0.25, -0.2) is 26.7 Å². The standard InChI is InChI=1S/C14H16N2O5S2/c1-21-13-7-2-3-8-14(13)23(19,20)16-10-11-5-4-6-12(9-11)22(15,17)18/h2-9,16H,10H2,1H3,(H2,15,17,18). The van der Waals surface area contributed by atoms with E-state index in [2.05, 4.69) is 4.72 Å².